The fraction of sp³-hybridized carbons (Fsp3) is 0.381. The molecule has 0 spiro atoms. The first-order valence-electron chi connectivity index (χ1n) is 9.39. The summed E-state index contributed by atoms with van der Waals surface area (Å²) >= 11 is 0. The molecule has 0 unspecified atom stereocenters. The van der Waals surface area contributed by atoms with Crippen LogP contribution in [0, 0.1) is 18.6 Å². The van der Waals surface area contributed by atoms with E-state index in [2.05, 4.69) is 5.32 Å². The maximum atomic E-state index is 13.7. The van der Waals surface area contributed by atoms with Gasteiger partial charge in [-0.25, -0.2) is 17.2 Å². The summed E-state index contributed by atoms with van der Waals surface area (Å²) in [5.74, 6) is -2.15. The SMILES string of the molecule is CC[C@H](NC(=O)[C@@H](C)N(c1ccc(F)c(F)c1)S(C)(=O)=O)c1ccc(OC)c(C)c1. The Labute approximate surface area is 175 Å². The highest BCUT2D eigenvalue weighted by molar-refractivity contribution is 7.92. The van der Waals surface area contributed by atoms with Crippen LogP contribution in [0.5, 0.6) is 5.75 Å². The van der Waals surface area contributed by atoms with Gasteiger partial charge in [0.1, 0.15) is 11.8 Å². The van der Waals surface area contributed by atoms with Crippen molar-refractivity contribution < 1.29 is 26.7 Å². The number of ether oxygens (including phenoxy) is 1. The largest absolute Gasteiger partial charge is 0.496 e. The zero-order chi connectivity index (χ0) is 22.6. The highest BCUT2D eigenvalue weighted by atomic mass is 32.2. The second-order valence-corrected chi connectivity index (χ2v) is 8.89. The first-order chi connectivity index (χ1) is 14.0. The van der Waals surface area contributed by atoms with Gasteiger partial charge in [0, 0.05) is 6.07 Å². The van der Waals surface area contributed by atoms with Gasteiger partial charge in [0.2, 0.25) is 15.9 Å². The molecule has 1 N–H and O–H groups in total. The second kappa shape index (κ2) is 9.42. The van der Waals surface area contributed by atoms with Gasteiger partial charge in [0.25, 0.3) is 0 Å². The van der Waals surface area contributed by atoms with Gasteiger partial charge >= 0.3 is 0 Å². The Hall–Kier alpha value is -2.68. The third kappa shape index (κ3) is 5.27. The lowest BCUT2D eigenvalue weighted by Crippen LogP contribution is -2.48. The fourth-order valence-electron chi connectivity index (χ4n) is 3.26. The normalized spacial score (nSPS) is 13.4. The number of aryl methyl sites for hydroxylation is 1. The number of methoxy groups -OCH3 is 1. The molecule has 0 aliphatic rings. The van der Waals surface area contributed by atoms with E-state index in [4.69, 9.17) is 4.74 Å². The Kier molecular flexibility index (Phi) is 7.41. The van der Waals surface area contributed by atoms with Crippen LogP contribution >= 0.6 is 0 Å². The molecule has 0 radical (unpaired) electrons. The van der Waals surface area contributed by atoms with E-state index in [0.29, 0.717) is 6.42 Å². The van der Waals surface area contributed by atoms with Gasteiger partial charge in [0.15, 0.2) is 11.6 Å². The Morgan fingerprint density at radius 1 is 1.17 bits per heavy atom. The molecule has 0 heterocycles. The predicted molar refractivity (Wildman–Crippen MR) is 112 cm³/mol. The van der Waals surface area contributed by atoms with Crippen molar-refractivity contribution in [3.8, 4) is 5.75 Å². The van der Waals surface area contributed by atoms with Gasteiger partial charge in [-0.05, 0) is 49.6 Å². The number of hydrogen-bond acceptors (Lipinski definition) is 4. The van der Waals surface area contributed by atoms with E-state index in [1.807, 2.05) is 26.0 Å². The van der Waals surface area contributed by atoms with Crippen molar-refractivity contribution in [1.29, 1.82) is 0 Å². The molecule has 30 heavy (non-hydrogen) atoms. The maximum absolute atomic E-state index is 13.7. The molecule has 0 saturated carbocycles. The molecule has 9 heteroatoms. The molecule has 0 aromatic heterocycles. The highest BCUT2D eigenvalue weighted by Gasteiger charge is 2.31. The number of nitrogens with one attached hydrogen (secondary N) is 1. The molecule has 1 amide bonds. The standard InChI is InChI=1S/C21H26F2N2O4S/c1-6-19(15-7-10-20(29-4)13(2)11-15)24-21(26)14(3)25(30(5,27)28)16-8-9-17(22)18(23)12-16/h7-12,14,19H,6H2,1-5H3,(H,24,26)/t14-,19+/m1/s1. The van der Waals surface area contributed by atoms with Gasteiger partial charge in [-0.15, -0.1) is 0 Å². The molecule has 0 fully saturated rings. The second-order valence-electron chi connectivity index (χ2n) is 7.03. The third-order valence-electron chi connectivity index (χ3n) is 4.79. The van der Waals surface area contributed by atoms with Crippen LogP contribution in [0.3, 0.4) is 0 Å². The van der Waals surface area contributed by atoms with Crippen LogP contribution in [0.25, 0.3) is 0 Å². The topological polar surface area (TPSA) is 75.7 Å². The van der Waals surface area contributed by atoms with Gasteiger partial charge in [-0.2, -0.15) is 0 Å². The number of nitrogens with zero attached hydrogens (tertiary/aromatic N) is 1. The molecule has 0 saturated heterocycles. The summed E-state index contributed by atoms with van der Waals surface area (Å²) in [6.07, 6.45) is 1.47. The summed E-state index contributed by atoms with van der Waals surface area (Å²) in [6.45, 7) is 5.16. The predicted octanol–water partition coefficient (Wildman–Crippen LogP) is 3.70. The summed E-state index contributed by atoms with van der Waals surface area (Å²) in [5, 5.41) is 2.84. The Balaban J connectivity index is 2.31. The van der Waals surface area contributed by atoms with Gasteiger partial charge in [0.05, 0.1) is 25.1 Å². The maximum Gasteiger partial charge on any atom is 0.244 e. The number of hydrogen-bond donors (Lipinski definition) is 1. The molecule has 164 valence electrons. The van der Waals surface area contributed by atoms with Crippen molar-refractivity contribution >= 4 is 21.6 Å². The summed E-state index contributed by atoms with van der Waals surface area (Å²) < 4.78 is 57.6. The van der Waals surface area contributed by atoms with Gasteiger partial charge in [-0.3, -0.25) is 9.10 Å². The van der Waals surface area contributed by atoms with Crippen LogP contribution < -0.4 is 14.4 Å². The molecular weight excluding hydrogens is 414 g/mol. The van der Waals surface area contributed by atoms with E-state index < -0.39 is 33.6 Å². The van der Waals surface area contributed by atoms with E-state index in [1.165, 1.54) is 6.92 Å². The van der Waals surface area contributed by atoms with Crippen LogP contribution in [0.15, 0.2) is 36.4 Å². The van der Waals surface area contributed by atoms with E-state index in [1.54, 1.807) is 13.2 Å². The van der Waals surface area contributed by atoms with Crippen LogP contribution in [0.2, 0.25) is 0 Å². The average Bonchev–Trinajstić information content (AvgIpc) is 2.67. The number of rotatable bonds is 8. The lowest BCUT2D eigenvalue weighted by Gasteiger charge is -2.30. The average molecular weight is 441 g/mol. The number of sulfonamides is 1. The van der Waals surface area contributed by atoms with Gasteiger partial charge in [-0.1, -0.05) is 19.1 Å². The number of benzene rings is 2. The number of carbonyl (C=O) groups excluding carboxylic acids is 1. The van der Waals surface area contributed by atoms with E-state index in [-0.39, 0.29) is 11.7 Å². The molecule has 2 aromatic carbocycles. The minimum atomic E-state index is -3.95. The quantitative estimate of drug-likeness (QED) is 0.679. The third-order valence-corrected chi connectivity index (χ3v) is 6.03. The summed E-state index contributed by atoms with van der Waals surface area (Å²) in [4.78, 5) is 12.9. The van der Waals surface area contributed by atoms with E-state index >= 15 is 0 Å². The molecular formula is C21H26F2N2O4S. The minimum absolute atomic E-state index is 0.132. The smallest absolute Gasteiger partial charge is 0.244 e. The molecule has 0 bridgehead atoms. The van der Waals surface area contributed by atoms with Crippen molar-refractivity contribution in [2.24, 2.45) is 0 Å². The zero-order valence-corrected chi connectivity index (χ0v) is 18.4. The number of halogens is 2. The number of anilines is 1. The van der Waals surface area contributed by atoms with Crippen molar-refractivity contribution in [1.82, 2.24) is 5.32 Å². The van der Waals surface area contributed by atoms with Crippen molar-refractivity contribution in [2.75, 3.05) is 17.7 Å². The Bertz CT molecular complexity index is 1030. The Morgan fingerprint density at radius 2 is 1.83 bits per heavy atom. The van der Waals surface area contributed by atoms with E-state index in [9.17, 15) is 22.0 Å². The van der Waals surface area contributed by atoms with Crippen molar-refractivity contribution in [3.63, 3.8) is 0 Å². The lowest BCUT2D eigenvalue weighted by atomic mass is 10.0. The molecule has 0 aliphatic carbocycles. The van der Waals surface area contributed by atoms with Crippen LogP contribution in [-0.4, -0.2) is 33.7 Å². The van der Waals surface area contributed by atoms with Crippen LogP contribution in [-0.2, 0) is 14.8 Å². The minimum Gasteiger partial charge on any atom is -0.496 e. The van der Waals surface area contributed by atoms with Crippen molar-refractivity contribution in [3.05, 3.63) is 59.2 Å². The zero-order valence-electron chi connectivity index (χ0n) is 17.6. The number of amides is 1. The molecule has 2 aromatic rings. The molecule has 0 aliphatic heterocycles. The van der Waals surface area contributed by atoms with E-state index in [0.717, 1.165) is 45.6 Å². The Morgan fingerprint density at radius 3 is 2.33 bits per heavy atom. The summed E-state index contributed by atoms with van der Waals surface area (Å²) in [7, 11) is -2.38. The number of carbonyl (C=O) groups is 1. The summed E-state index contributed by atoms with van der Waals surface area (Å²) in [5.41, 5.74) is 1.61. The van der Waals surface area contributed by atoms with Crippen molar-refractivity contribution in [2.45, 2.75) is 39.3 Å². The molecule has 6 nitrogen and oxygen atoms in total. The van der Waals surface area contributed by atoms with Gasteiger partial charge < -0.3 is 10.1 Å². The highest BCUT2D eigenvalue weighted by Crippen LogP contribution is 2.26. The monoisotopic (exact) mass is 440 g/mol. The fourth-order valence-corrected chi connectivity index (χ4v) is 4.43. The first-order valence-corrected chi connectivity index (χ1v) is 11.2. The van der Waals surface area contributed by atoms with Crippen LogP contribution in [0.1, 0.15) is 37.4 Å². The summed E-state index contributed by atoms with van der Waals surface area (Å²) in [6, 6.07) is 6.66. The molecule has 2 atom stereocenters. The van der Waals surface area contributed by atoms with Crippen LogP contribution in [0.4, 0.5) is 14.5 Å². The first kappa shape index (κ1) is 23.6. The lowest BCUT2D eigenvalue weighted by molar-refractivity contribution is -0.122. The molecule has 2 rings (SSSR count).